The highest BCUT2D eigenvalue weighted by Crippen LogP contribution is 2.45. The molecule has 113 heavy (non-hydrogen) atoms. The number of fused-ring (bicyclic) bond motifs is 2. The van der Waals surface area contributed by atoms with Crippen LogP contribution in [0.2, 0.25) is 0 Å². The first-order chi connectivity index (χ1) is 54.6. The second-order valence-corrected chi connectivity index (χ2v) is 31.9. The number of aliphatic hydroxyl groups is 1. The van der Waals surface area contributed by atoms with E-state index in [1.54, 1.807) is 47.4 Å². The number of nitrogens with one attached hydrogen (secondary N) is 2. The van der Waals surface area contributed by atoms with Crippen LogP contribution in [0, 0.1) is 22.7 Å². The topological polar surface area (TPSA) is 364 Å². The number of nitrogen functional groups attached to an aromatic ring is 1. The normalized spacial score (nSPS) is 21.5. The zero-order valence-electron chi connectivity index (χ0n) is 65.3. The molecule has 7 atom stereocenters. The summed E-state index contributed by atoms with van der Waals surface area (Å²) < 4.78 is 31.4. The number of piperidine rings is 1. The van der Waals surface area contributed by atoms with Gasteiger partial charge in [-0.1, -0.05) is 56.7 Å². The van der Waals surface area contributed by atoms with Gasteiger partial charge in [-0.05, 0) is 175 Å². The van der Waals surface area contributed by atoms with Gasteiger partial charge >= 0.3 is 0 Å². The average molecular weight is 1550 g/mol. The molecule has 7 N–H and O–H groups in total. The van der Waals surface area contributed by atoms with Crippen molar-refractivity contribution >= 4 is 64.2 Å². The lowest BCUT2D eigenvalue weighted by Gasteiger charge is -2.43. The van der Waals surface area contributed by atoms with Crippen LogP contribution in [0.5, 0.6) is 17.5 Å². The third-order valence-electron chi connectivity index (χ3n) is 23.4. The maximum atomic E-state index is 14.6. The van der Waals surface area contributed by atoms with E-state index >= 15 is 0 Å². The summed E-state index contributed by atoms with van der Waals surface area (Å²) in [5.74, 6) is -1.73. The zero-order chi connectivity index (χ0) is 79.5. The molecule has 2 bridgehead atoms. The largest absolute Gasteiger partial charge is 0.488 e. The number of amides is 7. The van der Waals surface area contributed by atoms with Crippen LogP contribution in [0.1, 0.15) is 158 Å². The summed E-state index contributed by atoms with van der Waals surface area (Å²) in [6.45, 7) is 11.3. The molecule has 0 spiro atoms. The van der Waals surface area contributed by atoms with Crippen molar-refractivity contribution in [3.8, 4) is 34.8 Å². The Morgan fingerprint density at radius 2 is 1.51 bits per heavy atom. The van der Waals surface area contributed by atoms with E-state index in [2.05, 4.69) is 68.8 Å². The zero-order valence-corrected chi connectivity index (χ0v) is 65.3. The molecule has 29 heteroatoms. The Morgan fingerprint density at radius 1 is 0.788 bits per heavy atom. The summed E-state index contributed by atoms with van der Waals surface area (Å²) >= 11 is 0. The van der Waals surface area contributed by atoms with E-state index in [0.717, 1.165) is 106 Å². The number of rotatable bonds is 36. The number of nitriles is 1. The Hall–Kier alpha value is -10.5. The quantitative estimate of drug-likeness (QED) is 0.0141. The second-order valence-electron chi connectivity index (χ2n) is 31.9. The summed E-state index contributed by atoms with van der Waals surface area (Å²) in [6, 6.07) is 30.1. The number of para-hydroxylation sites is 1. The Bertz CT molecular complexity index is 4390. The number of aromatic nitrogens is 4. The minimum absolute atomic E-state index is 0.000390. The van der Waals surface area contributed by atoms with E-state index in [-0.39, 0.29) is 110 Å². The first kappa shape index (κ1) is 80.5. The number of pyridine rings is 1. The highest BCUT2D eigenvalue weighted by atomic mass is 16.5. The van der Waals surface area contributed by atoms with Gasteiger partial charge in [0.2, 0.25) is 35.4 Å². The molecule has 5 aliphatic heterocycles. The molecule has 4 saturated heterocycles. The highest BCUT2D eigenvalue weighted by Gasteiger charge is 2.53. The number of nitrogens with zero attached hydrogens (tertiary/aromatic N) is 12. The van der Waals surface area contributed by atoms with E-state index in [0.29, 0.717) is 105 Å². The molecule has 2 aliphatic carbocycles. The third-order valence-corrected chi connectivity index (χ3v) is 23.4. The van der Waals surface area contributed by atoms with E-state index < -0.39 is 41.3 Å². The predicted molar refractivity (Wildman–Crippen MR) is 422 cm³/mol. The van der Waals surface area contributed by atoms with Gasteiger partial charge in [0.05, 0.1) is 47.4 Å². The van der Waals surface area contributed by atoms with Crippen molar-refractivity contribution in [2.24, 2.45) is 17.1 Å². The standard InChI is InChI=1S/C84H106N16O13/c1-53(2)77(81(106)99-51-62(101)43-70(99)80(105)89-54(3)57-21-17-55(48-85)18-22-57)72-47-74(93-113-72)109-41-40-95-38-30-63(31-39-95)111-64-44-65(45-64)112-73-42-59(29-34-88-73)100-60-25-26-61(100)50-96(49-60)69-46-67(91-92-78(69)86)66-14-7-8-16-71(66)110-52-56-19-23-58(24-20-56)90-79(104)68(15-9-12-35-94(4)5)97(83(108)84(82(87)107)32-13-33-84)36-10-6-11-37-98-75(102)27-28-76(98)103/h7-8,14,16-24,27-29,34,42,46-47,53-54,60-65,68,70,77,101H,6,9-13,15,25-26,30-33,35-41,43-45,49-52H2,1-5H3,(H2,86,92)(H2,87,107)(H,89,105)(H,90,104)/t54-,60+,61+,62+,64?,65?,68-,70-,77+/m0/s1. The van der Waals surface area contributed by atoms with Gasteiger partial charge < -0.3 is 75.2 Å². The number of carbonyl (C=O) groups is 7. The van der Waals surface area contributed by atoms with E-state index in [1.807, 2.05) is 83.5 Å². The molecule has 3 aromatic heterocycles. The number of hydrogen-bond acceptors (Lipinski definition) is 23. The maximum absolute atomic E-state index is 14.6. The Kier molecular flexibility index (Phi) is 26.0. The maximum Gasteiger partial charge on any atom is 0.254 e. The molecule has 13 rings (SSSR count). The number of hydrogen-bond donors (Lipinski definition) is 5. The number of aliphatic hydroxyl groups excluding tert-OH is 1. The van der Waals surface area contributed by atoms with Crippen molar-refractivity contribution in [1.82, 2.24) is 50.2 Å². The van der Waals surface area contributed by atoms with Crippen molar-refractivity contribution < 1.29 is 62.1 Å². The molecule has 3 aromatic carbocycles. The smallest absolute Gasteiger partial charge is 0.254 e. The SMILES string of the molecule is CC(C)[C@@H](C(=O)N1C[C@H](O)C[C@H]1C(=O)N[C@@H](C)c1ccc(C#N)cc1)c1cc(OCCN2CCC(OC3CC(Oc4cc(N5[C@@H]6CC[C@@H]5CN(c5cc(-c7ccccc7OCc7ccc(NC(=O)[C@H](CCCCN(C)C)N(CCCCCN8C(=O)C=CC8=O)C(=O)C8(C(N)=O)CCC8)cc7)nnc5N)C6)ccn4)C3)CC2)no1. The second kappa shape index (κ2) is 36.5. The molecule has 0 radical (unpaired) electrons. The van der Waals surface area contributed by atoms with Crippen LogP contribution in [-0.4, -0.2) is 219 Å². The van der Waals surface area contributed by atoms with Gasteiger partial charge in [0.25, 0.3) is 17.7 Å². The molecule has 2 saturated carbocycles. The van der Waals surface area contributed by atoms with Crippen LogP contribution in [-0.2, 0) is 44.9 Å². The van der Waals surface area contributed by atoms with Crippen LogP contribution in [0.15, 0.2) is 120 Å². The number of piperazine rings is 1. The number of carbonyl (C=O) groups excluding carboxylic acids is 7. The summed E-state index contributed by atoms with van der Waals surface area (Å²) in [4.78, 5) is 112. The Morgan fingerprint density at radius 3 is 2.20 bits per heavy atom. The number of nitrogens with two attached hydrogens (primary N) is 2. The molecular formula is C84H106N16O13. The number of unbranched alkanes of at least 4 members (excludes halogenated alkanes) is 3. The molecular weight excluding hydrogens is 1440 g/mol. The van der Waals surface area contributed by atoms with Gasteiger partial charge in [0, 0.05) is 131 Å². The predicted octanol–water partition coefficient (Wildman–Crippen LogP) is 8.08. The fraction of sp³-hybridized carbons (Fsp3) is 0.524. The molecule has 7 amide bonds. The number of benzene rings is 3. The van der Waals surface area contributed by atoms with Gasteiger partial charge in [-0.2, -0.15) is 5.26 Å². The minimum Gasteiger partial charge on any atom is -0.488 e. The molecule has 7 aliphatic rings. The summed E-state index contributed by atoms with van der Waals surface area (Å²) in [7, 11) is 3.96. The number of imide groups is 1. The van der Waals surface area contributed by atoms with Gasteiger partial charge in [-0.3, -0.25) is 43.4 Å². The highest BCUT2D eigenvalue weighted by molar-refractivity contribution is 6.13. The number of anilines is 4. The van der Waals surface area contributed by atoms with Crippen molar-refractivity contribution in [3.05, 3.63) is 138 Å². The van der Waals surface area contributed by atoms with Gasteiger partial charge in [0.15, 0.2) is 11.6 Å². The number of ether oxygens (including phenoxy) is 4. The van der Waals surface area contributed by atoms with Crippen molar-refractivity contribution in [2.45, 2.75) is 191 Å². The van der Waals surface area contributed by atoms with Crippen LogP contribution < -0.4 is 46.1 Å². The molecule has 29 nitrogen and oxygen atoms in total. The monoisotopic (exact) mass is 1550 g/mol. The first-order valence-corrected chi connectivity index (χ1v) is 40.0. The van der Waals surface area contributed by atoms with Crippen molar-refractivity contribution in [3.63, 3.8) is 0 Å². The fourth-order valence-electron chi connectivity index (χ4n) is 16.8. The number of β-amino-alcohol motifs (C(OH)–C–C–N with tert-alkyl or cyclic N) is 1. The molecule has 8 heterocycles. The van der Waals surface area contributed by atoms with E-state index in [1.165, 1.54) is 22.0 Å². The Labute approximate surface area is 659 Å². The average Bonchev–Trinajstić information content (AvgIpc) is 1.64. The minimum atomic E-state index is -1.38. The Balaban J connectivity index is 0.549. The van der Waals surface area contributed by atoms with Crippen LogP contribution in [0.4, 0.5) is 22.9 Å². The molecule has 0 unspecified atom stereocenters. The number of likely N-dealkylation sites (tertiary alicyclic amines) is 2. The van der Waals surface area contributed by atoms with Gasteiger partial charge in [-0.15, -0.1) is 10.2 Å². The molecule has 6 fully saturated rings. The lowest BCUT2D eigenvalue weighted by atomic mass is 9.67. The van der Waals surface area contributed by atoms with E-state index in [9.17, 15) is 43.9 Å². The van der Waals surface area contributed by atoms with Gasteiger partial charge in [-0.25, -0.2) is 4.98 Å². The summed E-state index contributed by atoms with van der Waals surface area (Å²) in [6.07, 6.45) is 13.9. The van der Waals surface area contributed by atoms with Crippen LogP contribution in [0.25, 0.3) is 11.3 Å². The van der Waals surface area contributed by atoms with Crippen molar-refractivity contribution in [1.29, 1.82) is 5.26 Å². The number of primary amides is 1. The summed E-state index contributed by atoms with van der Waals surface area (Å²) in [5.41, 5.74) is 17.2. The first-order valence-electron chi connectivity index (χ1n) is 40.0. The van der Waals surface area contributed by atoms with Crippen molar-refractivity contribution in [2.75, 3.05) is 100 Å². The lowest BCUT2D eigenvalue weighted by Crippen LogP contribution is -2.59. The van der Waals surface area contributed by atoms with Gasteiger partial charge in [0.1, 0.15) is 48.5 Å². The van der Waals surface area contributed by atoms with Crippen LogP contribution >= 0.6 is 0 Å². The lowest BCUT2D eigenvalue weighted by molar-refractivity contribution is -0.159. The summed E-state index contributed by atoms with van der Waals surface area (Å²) in [5, 5.41) is 39.2. The molecule has 600 valence electrons. The third kappa shape index (κ3) is 19.2. The van der Waals surface area contributed by atoms with E-state index in [4.69, 9.17) is 34.9 Å². The van der Waals surface area contributed by atoms with Crippen LogP contribution in [0.3, 0.4) is 0 Å². The molecule has 6 aromatic rings. The fourth-order valence-corrected chi connectivity index (χ4v) is 16.8.